The number of rotatable bonds is 2. The van der Waals surface area contributed by atoms with Crippen LogP contribution in [0.15, 0.2) is 51.4 Å². The SMILES string of the molecule is Cc1cc(Br)ccc1C(=O)Nc1ccc(Br)cc1. The minimum Gasteiger partial charge on any atom is -0.322 e. The van der Waals surface area contributed by atoms with Crippen molar-refractivity contribution in [2.24, 2.45) is 0 Å². The van der Waals surface area contributed by atoms with Crippen molar-refractivity contribution in [1.82, 2.24) is 0 Å². The molecule has 0 heterocycles. The summed E-state index contributed by atoms with van der Waals surface area (Å²) in [5.41, 5.74) is 2.41. The van der Waals surface area contributed by atoms with Gasteiger partial charge in [-0.3, -0.25) is 4.79 Å². The minimum absolute atomic E-state index is 0.0951. The molecule has 4 heteroatoms. The van der Waals surface area contributed by atoms with E-state index in [-0.39, 0.29) is 5.91 Å². The Morgan fingerprint density at radius 1 is 1.00 bits per heavy atom. The summed E-state index contributed by atoms with van der Waals surface area (Å²) < 4.78 is 1.96. The Labute approximate surface area is 123 Å². The highest BCUT2D eigenvalue weighted by Crippen LogP contribution is 2.18. The van der Waals surface area contributed by atoms with Crippen molar-refractivity contribution in [2.45, 2.75) is 6.92 Å². The molecule has 0 bridgehead atoms. The standard InChI is InChI=1S/C14H11Br2NO/c1-9-8-11(16)4-7-13(9)14(18)17-12-5-2-10(15)3-6-12/h2-8H,1H3,(H,17,18). The van der Waals surface area contributed by atoms with Gasteiger partial charge in [-0.05, 0) is 55.0 Å². The number of nitrogens with one attached hydrogen (secondary N) is 1. The van der Waals surface area contributed by atoms with Gasteiger partial charge in [-0.15, -0.1) is 0 Å². The highest BCUT2D eigenvalue weighted by Gasteiger charge is 2.09. The average molecular weight is 369 g/mol. The summed E-state index contributed by atoms with van der Waals surface area (Å²) in [7, 11) is 0. The summed E-state index contributed by atoms with van der Waals surface area (Å²) in [5.74, 6) is -0.0951. The van der Waals surface area contributed by atoms with Gasteiger partial charge in [-0.1, -0.05) is 31.9 Å². The van der Waals surface area contributed by atoms with Gasteiger partial charge >= 0.3 is 0 Å². The lowest BCUT2D eigenvalue weighted by molar-refractivity contribution is 0.102. The molecule has 0 saturated heterocycles. The van der Waals surface area contributed by atoms with Gasteiger partial charge in [0.15, 0.2) is 0 Å². The molecule has 18 heavy (non-hydrogen) atoms. The Morgan fingerprint density at radius 3 is 2.22 bits per heavy atom. The van der Waals surface area contributed by atoms with Crippen molar-refractivity contribution < 1.29 is 4.79 Å². The van der Waals surface area contributed by atoms with Crippen LogP contribution in [0.3, 0.4) is 0 Å². The van der Waals surface area contributed by atoms with Crippen LogP contribution in [0.5, 0.6) is 0 Å². The predicted octanol–water partition coefficient (Wildman–Crippen LogP) is 4.77. The summed E-state index contributed by atoms with van der Waals surface area (Å²) in [5, 5.41) is 2.87. The Kier molecular flexibility index (Phi) is 4.19. The van der Waals surface area contributed by atoms with Crippen molar-refractivity contribution in [2.75, 3.05) is 5.32 Å². The van der Waals surface area contributed by atoms with Crippen LogP contribution >= 0.6 is 31.9 Å². The zero-order valence-corrected chi connectivity index (χ0v) is 12.9. The van der Waals surface area contributed by atoms with Crippen LogP contribution < -0.4 is 5.32 Å². The normalized spacial score (nSPS) is 10.2. The smallest absolute Gasteiger partial charge is 0.255 e. The summed E-state index contributed by atoms with van der Waals surface area (Å²) in [6.45, 7) is 1.92. The summed E-state index contributed by atoms with van der Waals surface area (Å²) >= 11 is 6.74. The first-order valence-corrected chi connectivity index (χ1v) is 6.98. The monoisotopic (exact) mass is 367 g/mol. The van der Waals surface area contributed by atoms with Crippen LogP contribution in [0, 0.1) is 6.92 Å². The largest absolute Gasteiger partial charge is 0.322 e. The summed E-state index contributed by atoms with van der Waals surface area (Å²) in [6, 6.07) is 13.1. The number of halogens is 2. The van der Waals surface area contributed by atoms with Crippen molar-refractivity contribution >= 4 is 43.5 Å². The van der Waals surface area contributed by atoms with E-state index in [0.717, 1.165) is 20.2 Å². The molecule has 0 radical (unpaired) electrons. The first kappa shape index (κ1) is 13.3. The maximum absolute atomic E-state index is 12.1. The number of carbonyl (C=O) groups is 1. The summed E-state index contributed by atoms with van der Waals surface area (Å²) in [6.07, 6.45) is 0. The van der Waals surface area contributed by atoms with E-state index in [2.05, 4.69) is 37.2 Å². The molecule has 92 valence electrons. The van der Waals surface area contributed by atoms with Crippen molar-refractivity contribution in [3.8, 4) is 0 Å². The molecular formula is C14H11Br2NO. The number of anilines is 1. The number of aryl methyl sites for hydroxylation is 1. The molecule has 2 nitrogen and oxygen atoms in total. The Morgan fingerprint density at radius 2 is 1.61 bits per heavy atom. The number of hydrogen-bond acceptors (Lipinski definition) is 1. The van der Waals surface area contributed by atoms with E-state index in [1.54, 1.807) is 0 Å². The fourth-order valence-corrected chi connectivity index (χ4v) is 2.35. The molecule has 0 aliphatic carbocycles. The van der Waals surface area contributed by atoms with E-state index >= 15 is 0 Å². The topological polar surface area (TPSA) is 29.1 Å². The van der Waals surface area contributed by atoms with Crippen LogP contribution in [0.4, 0.5) is 5.69 Å². The molecule has 0 spiro atoms. The number of carbonyl (C=O) groups excluding carboxylic acids is 1. The second-order valence-corrected chi connectivity index (χ2v) is 5.75. The van der Waals surface area contributed by atoms with Crippen molar-refractivity contribution in [3.05, 3.63) is 62.5 Å². The van der Waals surface area contributed by atoms with E-state index < -0.39 is 0 Å². The van der Waals surface area contributed by atoms with Gasteiger partial charge in [-0.2, -0.15) is 0 Å². The third kappa shape index (κ3) is 3.21. The van der Waals surface area contributed by atoms with Gasteiger partial charge in [0, 0.05) is 20.2 Å². The van der Waals surface area contributed by atoms with Crippen molar-refractivity contribution in [3.63, 3.8) is 0 Å². The third-order valence-electron chi connectivity index (χ3n) is 2.54. The maximum Gasteiger partial charge on any atom is 0.255 e. The van der Waals surface area contributed by atoms with Gasteiger partial charge in [0.05, 0.1) is 0 Å². The number of benzene rings is 2. The molecule has 0 unspecified atom stereocenters. The lowest BCUT2D eigenvalue weighted by atomic mass is 10.1. The van der Waals surface area contributed by atoms with Gasteiger partial charge < -0.3 is 5.32 Å². The number of amides is 1. The van der Waals surface area contributed by atoms with Crippen LogP contribution in [0.2, 0.25) is 0 Å². The molecule has 2 rings (SSSR count). The molecular weight excluding hydrogens is 358 g/mol. The fourth-order valence-electron chi connectivity index (χ4n) is 1.61. The van der Waals surface area contributed by atoms with Gasteiger partial charge in [-0.25, -0.2) is 0 Å². The quantitative estimate of drug-likeness (QED) is 0.812. The van der Waals surface area contributed by atoms with E-state index in [4.69, 9.17) is 0 Å². The van der Waals surface area contributed by atoms with E-state index in [9.17, 15) is 4.79 Å². The minimum atomic E-state index is -0.0951. The van der Waals surface area contributed by atoms with Crippen molar-refractivity contribution in [1.29, 1.82) is 0 Å². The zero-order valence-electron chi connectivity index (χ0n) is 9.71. The predicted molar refractivity (Wildman–Crippen MR) is 81.0 cm³/mol. The van der Waals surface area contributed by atoms with Crippen LogP contribution in [-0.2, 0) is 0 Å². The van der Waals surface area contributed by atoms with E-state index in [1.165, 1.54) is 0 Å². The van der Waals surface area contributed by atoms with Gasteiger partial charge in [0.25, 0.3) is 5.91 Å². The third-order valence-corrected chi connectivity index (χ3v) is 3.56. The molecule has 0 aliphatic heterocycles. The van der Waals surface area contributed by atoms with Crippen LogP contribution in [-0.4, -0.2) is 5.91 Å². The first-order chi connectivity index (χ1) is 8.56. The molecule has 2 aromatic rings. The summed E-state index contributed by atoms with van der Waals surface area (Å²) in [4.78, 5) is 12.1. The molecule has 0 aliphatic rings. The Bertz CT molecular complexity index is 579. The second-order valence-electron chi connectivity index (χ2n) is 3.92. The lowest BCUT2D eigenvalue weighted by Crippen LogP contribution is -2.13. The maximum atomic E-state index is 12.1. The molecule has 2 aromatic carbocycles. The first-order valence-electron chi connectivity index (χ1n) is 5.39. The molecule has 0 fully saturated rings. The fraction of sp³-hybridized carbons (Fsp3) is 0.0714. The van der Waals surface area contributed by atoms with Gasteiger partial charge in [0.2, 0.25) is 0 Å². The highest BCUT2D eigenvalue weighted by atomic mass is 79.9. The second kappa shape index (κ2) is 5.67. The van der Waals surface area contributed by atoms with Crippen LogP contribution in [0.1, 0.15) is 15.9 Å². The van der Waals surface area contributed by atoms with E-state index in [1.807, 2.05) is 49.4 Å². The molecule has 1 N–H and O–H groups in total. The molecule has 0 atom stereocenters. The Balaban J connectivity index is 2.19. The zero-order chi connectivity index (χ0) is 13.1. The lowest BCUT2D eigenvalue weighted by Gasteiger charge is -2.08. The molecule has 0 aromatic heterocycles. The Hall–Kier alpha value is -1.13. The molecule has 0 saturated carbocycles. The average Bonchev–Trinajstić information content (AvgIpc) is 2.32. The van der Waals surface area contributed by atoms with Gasteiger partial charge in [0.1, 0.15) is 0 Å². The molecule has 1 amide bonds. The van der Waals surface area contributed by atoms with E-state index in [0.29, 0.717) is 5.56 Å². The number of hydrogen-bond donors (Lipinski definition) is 1. The highest BCUT2D eigenvalue weighted by molar-refractivity contribution is 9.10. The van der Waals surface area contributed by atoms with Crippen LogP contribution in [0.25, 0.3) is 0 Å².